The van der Waals surface area contributed by atoms with Gasteiger partial charge in [-0.1, -0.05) is 6.92 Å². The summed E-state index contributed by atoms with van der Waals surface area (Å²) in [5, 5.41) is 20.0. The van der Waals surface area contributed by atoms with Gasteiger partial charge in [0.15, 0.2) is 0 Å². The lowest BCUT2D eigenvalue weighted by Gasteiger charge is -2.35. The van der Waals surface area contributed by atoms with Crippen LogP contribution in [0.4, 0.5) is 4.79 Å². The fraction of sp³-hybridized carbons (Fsp3) is 0.769. The number of piperazine rings is 1. The molecule has 1 fully saturated rings. The number of carboxylic acids is 2. The molecule has 3 N–H and O–H groups in total. The van der Waals surface area contributed by atoms with Crippen LogP contribution in [-0.2, 0) is 9.59 Å². The Morgan fingerprint density at radius 3 is 2.24 bits per heavy atom. The second-order valence-electron chi connectivity index (χ2n) is 5.10. The van der Waals surface area contributed by atoms with Crippen LogP contribution in [0.2, 0.25) is 0 Å². The third-order valence-corrected chi connectivity index (χ3v) is 3.44. The lowest BCUT2D eigenvalue weighted by molar-refractivity contribution is -0.140. The van der Waals surface area contributed by atoms with Crippen LogP contribution in [0.1, 0.15) is 26.2 Å². The van der Waals surface area contributed by atoms with Gasteiger partial charge in [0.25, 0.3) is 0 Å². The zero-order valence-corrected chi connectivity index (χ0v) is 12.2. The SMILES string of the molecule is CCCN1CCN(C(=O)NC(CCC(=O)O)C(=O)O)CC1. The normalized spacial score (nSPS) is 17.3. The van der Waals surface area contributed by atoms with Crippen LogP contribution < -0.4 is 5.32 Å². The second-order valence-corrected chi connectivity index (χ2v) is 5.10. The summed E-state index contributed by atoms with van der Waals surface area (Å²) in [4.78, 5) is 37.4. The van der Waals surface area contributed by atoms with Gasteiger partial charge in [-0.2, -0.15) is 0 Å². The average molecular weight is 301 g/mol. The van der Waals surface area contributed by atoms with E-state index in [-0.39, 0.29) is 12.8 Å². The first-order valence-corrected chi connectivity index (χ1v) is 7.16. The number of carboxylic acid groups (broad SMARTS) is 2. The molecule has 8 nitrogen and oxygen atoms in total. The molecule has 0 spiro atoms. The van der Waals surface area contributed by atoms with Gasteiger partial charge < -0.3 is 20.4 Å². The fourth-order valence-corrected chi connectivity index (χ4v) is 2.26. The molecular formula is C13H23N3O5. The first kappa shape index (κ1) is 17.2. The summed E-state index contributed by atoms with van der Waals surface area (Å²) in [7, 11) is 0. The molecule has 120 valence electrons. The maximum Gasteiger partial charge on any atom is 0.326 e. The first-order chi connectivity index (χ1) is 9.93. The summed E-state index contributed by atoms with van der Waals surface area (Å²) >= 11 is 0. The molecule has 1 heterocycles. The molecule has 0 radical (unpaired) electrons. The van der Waals surface area contributed by atoms with Gasteiger partial charge in [-0.3, -0.25) is 9.69 Å². The number of nitrogens with one attached hydrogen (secondary N) is 1. The van der Waals surface area contributed by atoms with E-state index in [1.807, 2.05) is 0 Å². The number of amides is 2. The van der Waals surface area contributed by atoms with E-state index in [0.717, 1.165) is 26.1 Å². The Morgan fingerprint density at radius 1 is 1.14 bits per heavy atom. The highest BCUT2D eigenvalue weighted by molar-refractivity contribution is 5.83. The number of hydrogen-bond acceptors (Lipinski definition) is 4. The monoisotopic (exact) mass is 301 g/mol. The molecular weight excluding hydrogens is 278 g/mol. The van der Waals surface area contributed by atoms with Gasteiger partial charge in [0, 0.05) is 32.6 Å². The Kier molecular flexibility index (Phi) is 6.93. The van der Waals surface area contributed by atoms with Crippen molar-refractivity contribution in [2.24, 2.45) is 0 Å². The van der Waals surface area contributed by atoms with E-state index in [9.17, 15) is 14.4 Å². The van der Waals surface area contributed by atoms with Gasteiger partial charge in [-0.25, -0.2) is 9.59 Å². The van der Waals surface area contributed by atoms with E-state index in [2.05, 4.69) is 17.1 Å². The molecule has 0 aliphatic carbocycles. The molecule has 0 bridgehead atoms. The lowest BCUT2D eigenvalue weighted by Crippen LogP contribution is -2.54. The zero-order chi connectivity index (χ0) is 15.8. The third-order valence-electron chi connectivity index (χ3n) is 3.44. The van der Waals surface area contributed by atoms with E-state index in [1.165, 1.54) is 0 Å². The molecule has 0 aromatic heterocycles. The second kappa shape index (κ2) is 8.46. The Balaban J connectivity index is 2.43. The van der Waals surface area contributed by atoms with Gasteiger partial charge in [-0.15, -0.1) is 0 Å². The van der Waals surface area contributed by atoms with Crippen LogP contribution in [0.25, 0.3) is 0 Å². The smallest absolute Gasteiger partial charge is 0.326 e. The fourth-order valence-electron chi connectivity index (χ4n) is 2.26. The first-order valence-electron chi connectivity index (χ1n) is 7.16. The minimum atomic E-state index is -1.21. The molecule has 1 saturated heterocycles. The molecule has 0 aromatic carbocycles. The summed E-state index contributed by atoms with van der Waals surface area (Å²) < 4.78 is 0. The van der Waals surface area contributed by atoms with Gasteiger partial charge in [0.05, 0.1) is 0 Å². The molecule has 1 aliphatic rings. The van der Waals surface area contributed by atoms with E-state index >= 15 is 0 Å². The number of hydrogen-bond donors (Lipinski definition) is 3. The predicted molar refractivity (Wildman–Crippen MR) is 75.1 cm³/mol. The number of nitrogens with zero attached hydrogens (tertiary/aromatic N) is 2. The third kappa shape index (κ3) is 5.99. The van der Waals surface area contributed by atoms with Crippen molar-refractivity contribution >= 4 is 18.0 Å². The maximum atomic E-state index is 12.0. The van der Waals surface area contributed by atoms with Crippen molar-refractivity contribution < 1.29 is 24.6 Å². The quantitative estimate of drug-likeness (QED) is 0.612. The van der Waals surface area contributed by atoms with Crippen molar-refractivity contribution in [2.45, 2.75) is 32.2 Å². The van der Waals surface area contributed by atoms with Crippen LogP contribution in [-0.4, -0.2) is 76.7 Å². The van der Waals surface area contributed by atoms with Gasteiger partial charge >= 0.3 is 18.0 Å². The van der Waals surface area contributed by atoms with E-state index in [1.54, 1.807) is 4.90 Å². The molecule has 1 atom stereocenters. The van der Waals surface area contributed by atoms with Crippen molar-refractivity contribution in [1.29, 1.82) is 0 Å². The van der Waals surface area contributed by atoms with Gasteiger partial charge in [0.1, 0.15) is 6.04 Å². The van der Waals surface area contributed by atoms with Crippen LogP contribution >= 0.6 is 0 Å². The summed E-state index contributed by atoms with van der Waals surface area (Å²) in [5.41, 5.74) is 0. The minimum Gasteiger partial charge on any atom is -0.481 e. The number of aliphatic carboxylic acids is 2. The van der Waals surface area contributed by atoms with E-state index in [4.69, 9.17) is 10.2 Å². The summed E-state index contributed by atoms with van der Waals surface area (Å²) in [5.74, 6) is -2.29. The van der Waals surface area contributed by atoms with E-state index in [0.29, 0.717) is 13.1 Å². The van der Waals surface area contributed by atoms with Crippen molar-refractivity contribution in [1.82, 2.24) is 15.1 Å². The Morgan fingerprint density at radius 2 is 1.76 bits per heavy atom. The van der Waals surface area contributed by atoms with Crippen LogP contribution in [0.15, 0.2) is 0 Å². The minimum absolute atomic E-state index is 0.119. The van der Waals surface area contributed by atoms with Crippen molar-refractivity contribution in [3.63, 3.8) is 0 Å². The molecule has 21 heavy (non-hydrogen) atoms. The topological polar surface area (TPSA) is 110 Å². The van der Waals surface area contributed by atoms with Crippen LogP contribution in [0.5, 0.6) is 0 Å². The summed E-state index contributed by atoms with van der Waals surface area (Å²) in [6, 6.07) is -1.61. The predicted octanol–water partition coefficient (Wildman–Crippen LogP) is 0.0416. The molecule has 0 saturated carbocycles. The number of carbonyl (C=O) groups is 3. The molecule has 8 heteroatoms. The van der Waals surface area contributed by atoms with E-state index < -0.39 is 24.0 Å². The highest BCUT2D eigenvalue weighted by Crippen LogP contribution is 2.05. The number of rotatable bonds is 7. The molecule has 2 amide bonds. The Bertz CT molecular complexity index is 380. The summed E-state index contributed by atoms with van der Waals surface area (Å²) in [6.45, 7) is 5.74. The van der Waals surface area contributed by atoms with Gasteiger partial charge in [-0.05, 0) is 19.4 Å². The van der Waals surface area contributed by atoms with Crippen molar-refractivity contribution in [2.75, 3.05) is 32.7 Å². The number of urea groups is 1. The Labute approximate surface area is 123 Å². The summed E-state index contributed by atoms with van der Waals surface area (Å²) in [6.07, 6.45) is 0.649. The Hall–Kier alpha value is -1.83. The van der Waals surface area contributed by atoms with Gasteiger partial charge in [0.2, 0.25) is 0 Å². The standard InChI is InChI=1S/C13H23N3O5/c1-2-5-15-6-8-16(9-7-15)13(21)14-10(12(19)20)3-4-11(17)18/h10H,2-9H2,1H3,(H,14,21)(H,17,18)(H,19,20). The highest BCUT2D eigenvalue weighted by Gasteiger charge is 2.26. The molecule has 1 unspecified atom stereocenters. The molecule has 1 aliphatic heterocycles. The maximum absolute atomic E-state index is 12.0. The largest absolute Gasteiger partial charge is 0.481 e. The van der Waals surface area contributed by atoms with Crippen molar-refractivity contribution in [3.05, 3.63) is 0 Å². The molecule has 1 rings (SSSR count). The number of carbonyl (C=O) groups excluding carboxylic acids is 1. The highest BCUT2D eigenvalue weighted by atomic mass is 16.4. The lowest BCUT2D eigenvalue weighted by atomic mass is 10.1. The zero-order valence-electron chi connectivity index (χ0n) is 12.2. The van der Waals surface area contributed by atoms with Crippen molar-refractivity contribution in [3.8, 4) is 0 Å². The average Bonchev–Trinajstić information content (AvgIpc) is 2.43. The van der Waals surface area contributed by atoms with Crippen LogP contribution in [0, 0.1) is 0 Å². The molecule has 0 aromatic rings. The van der Waals surface area contributed by atoms with Crippen LogP contribution in [0.3, 0.4) is 0 Å².